The van der Waals surface area contributed by atoms with E-state index in [0.29, 0.717) is 11.8 Å². The molecule has 3 N–H and O–H groups in total. The van der Waals surface area contributed by atoms with Gasteiger partial charge < -0.3 is 5.32 Å². The van der Waals surface area contributed by atoms with Gasteiger partial charge >= 0.3 is 0 Å². The van der Waals surface area contributed by atoms with Gasteiger partial charge in [-0.3, -0.25) is 20.4 Å². The standard InChI is InChI=1S/C21H28ClN3O2/c1-13-3-4-17(14(2)5-13)23-11-18(26)24-25-19(27)20-7-15-6-16(8-20)10-21(22,9-15)12-20/h3-5,15-16,23H,6-12H2,1-2H3,(H,24,26)(H,25,27). The molecule has 4 bridgehead atoms. The molecule has 5 rings (SSSR count). The summed E-state index contributed by atoms with van der Waals surface area (Å²) in [4.78, 5) is 24.9. The minimum absolute atomic E-state index is 0.0681. The van der Waals surface area contributed by atoms with Crippen LogP contribution in [0.5, 0.6) is 0 Å². The van der Waals surface area contributed by atoms with Gasteiger partial charge in [-0.05, 0) is 75.8 Å². The molecule has 0 aliphatic heterocycles. The zero-order valence-corrected chi connectivity index (χ0v) is 16.8. The van der Waals surface area contributed by atoms with Crippen LogP contribution in [0.1, 0.15) is 49.7 Å². The molecule has 0 spiro atoms. The Bertz CT molecular complexity index is 765. The van der Waals surface area contributed by atoms with Crippen LogP contribution in [-0.4, -0.2) is 23.2 Å². The zero-order valence-electron chi connectivity index (χ0n) is 16.0. The maximum absolute atomic E-state index is 12.9. The molecule has 0 radical (unpaired) electrons. The lowest BCUT2D eigenvalue weighted by atomic mass is 9.49. The number of hydrogen-bond acceptors (Lipinski definition) is 3. The molecule has 1 aromatic rings. The Kier molecular flexibility index (Phi) is 4.61. The quantitative estimate of drug-likeness (QED) is 0.545. The molecule has 4 aliphatic carbocycles. The monoisotopic (exact) mass is 389 g/mol. The van der Waals surface area contributed by atoms with Crippen molar-refractivity contribution in [3.05, 3.63) is 29.3 Å². The Morgan fingerprint density at radius 3 is 2.44 bits per heavy atom. The fraction of sp³-hybridized carbons (Fsp3) is 0.619. The molecule has 5 nitrogen and oxygen atoms in total. The predicted molar refractivity (Wildman–Crippen MR) is 106 cm³/mol. The number of rotatable bonds is 4. The van der Waals surface area contributed by atoms with E-state index < -0.39 is 5.41 Å². The summed E-state index contributed by atoms with van der Waals surface area (Å²) in [6.07, 6.45) is 5.81. The number of benzene rings is 1. The van der Waals surface area contributed by atoms with Gasteiger partial charge in [-0.15, -0.1) is 11.6 Å². The van der Waals surface area contributed by atoms with Gasteiger partial charge in [0.05, 0.1) is 12.0 Å². The van der Waals surface area contributed by atoms with Crippen LogP contribution in [-0.2, 0) is 9.59 Å². The van der Waals surface area contributed by atoms with Crippen LogP contribution in [0.4, 0.5) is 5.69 Å². The maximum atomic E-state index is 12.9. The van der Waals surface area contributed by atoms with Gasteiger partial charge in [0.25, 0.3) is 5.91 Å². The molecule has 0 saturated heterocycles. The minimum atomic E-state index is -0.403. The first-order valence-electron chi connectivity index (χ1n) is 9.86. The highest BCUT2D eigenvalue weighted by molar-refractivity contribution is 6.24. The van der Waals surface area contributed by atoms with E-state index in [-0.39, 0.29) is 23.2 Å². The molecule has 146 valence electrons. The second-order valence-corrected chi connectivity index (χ2v) is 9.87. The molecule has 1 aromatic carbocycles. The molecule has 2 unspecified atom stereocenters. The maximum Gasteiger partial charge on any atom is 0.257 e. The van der Waals surface area contributed by atoms with Gasteiger partial charge in [-0.1, -0.05) is 17.7 Å². The molecule has 27 heavy (non-hydrogen) atoms. The molecule has 0 aromatic heterocycles. The summed E-state index contributed by atoms with van der Waals surface area (Å²) in [5.74, 6) is 0.780. The Morgan fingerprint density at radius 1 is 1.11 bits per heavy atom. The number of anilines is 1. The fourth-order valence-corrected chi connectivity index (χ4v) is 6.60. The highest BCUT2D eigenvalue weighted by Crippen LogP contribution is 2.63. The molecular weight excluding hydrogens is 362 g/mol. The summed E-state index contributed by atoms with van der Waals surface area (Å²) >= 11 is 6.79. The van der Waals surface area contributed by atoms with Crippen molar-refractivity contribution in [1.29, 1.82) is 0 Å². The van der Waals surface area contributed by atoms with Crippen LogP contribution in [0.25, 0.3) is 0 Å². The highest BCUT2D eigenvalue weighted by atomic mass is 35.5. The van der Waals surface area contributed by atoms with Crippen molar-refractivity contribution in [1.82, 2.24) is 10.9 Å². The number of carbonyl (C=O) groups excluding carboxylic acids is 2. The van der Waals surface area contributed by atoms with Gasteiger partial charge in [0.2, 0.25) is 5.91 Å². The van der Waals surface area contributed by atoms with Crippen LogP contribution in [0.2, 0.25) is 0 Å². The third-order valence-corrected chi connectivity index (χ3v) is 7.05. The van der Waals surface area contributed by atoms with Crippen LogP contribution in [0, 0.1) is 31.1 Å². The number of halogens is 1. The first-order valence-corrected chi connectivity index (χ1v) is 10.2. The van der Waals surface area contributed by atoms with E-state index in [4.69, 9.17) is 11.6 Å². The van der Waals surface area contributed by atoms with E-state index in [1.807, 2.05) is 26.0 Å². The smallest absolute Gasteiger partial charge is 0.257 e. The van der Waals surface area contributed by atoms with Crippen molar-refractivity contribution >= 4 is 29.1 Å². The van der Waals surface area contributed by atoms with Crippen molar-refractivity contribution in [2.75, 3.05) is 11.9 Å². The van der Waals surface area contributed by atoms with Crippen molar-refractivity contribution in [3.8, 4) is 0 Å². The molecule has 2 amide bonds. The zero-order chi connectivity index (χ0) is 19.2. The second-order valence-electron chi connectivity index (χ2n) is 9.07. The average Bonchev–Trinajstić information content (AvgIpc) is 2.56. The van der Waals surface area contributed by atoms with Gasteiger partial charge in [0.15, 0.2) is 0 Å². The SMILES string of the molecule is Cc1ccc(NCC(=O)NNC(=O)C23CC4CC(CC(Cl)(C4)C2)C3)c(C)c1. The Morgan fingerprint density at radius 2 is 1.81 bits per heavy atom. The highest BCUT2D eigenvalue weighted by Gasteiger charge is 2.60. The number of nitrogens with one attached hydrogen (secondary N) is 3. The average molecular weight is 390 g/mol. The van der Waals surface area contributed by atoms with Crippen molar-refractivity contribution in [2.45, 2.75) is 57.2 Å². The molecule has 2 atom stereocenters. The summed E-state index contributed by atoms with van der Waals surface area (Å²) in [6, 6.07) is 6.03. The number of aryl methyl sites for hydroxylation is 2. The van der Waals surface area contributed by atoms with Gasteiger partial charge in [0.1, 0.15) is 0 Å². The van der Waals surface area contributed by atoms with E-state index in [1.54, 1.807) is 0 Å². The number of carbonyl (C=O) groups is 2. The Hall–Kier alpha value is -1.75. The molecule has 4 fully saturated rings. The number of alkyl halides is 1. The lowest BCUT2D eigenvalue weighted by molar-refractivity contribution is -0.147. The fourth-order valence-electron chi connectivity index (χ4n) is 5.91. The van der Waals surface area contributed by atoms with E-state index >= 15 is 0 Å². The van der Waals surface area contributed by atoms with Crippen LogP contribution >= 0.6 is 11.6 Å². The van der Waals surface area contributed by atoms with Crippen molar-refractivity contribution in [2.24, 2.45) is 17.3 Å². The first-order chi connectivity index (χ1) is 12.8. The molecule has 0 heterocycles. The number of hydrazine groups is 1. The van der Waals surface area contributed by atoms with E-state index in [9.17, 15) is 9.59 Å². The normalized spacial score (nSPS) is 33.6. The summed E-state index contributed by atoms with van der Waals surface area (Å²) in [5.41, 5.74) is 8.05. The third kappa shape index (κ3) is 3.66. The summed E-state index contributed by atoms with van der Waals surface area (Å²) in [5, 5.41) is 3.12. The summed E-state index contributed by atoms with van der Waals surface area (Å²) in [7, 11) is 0. The second kappa shape index (κ2) is 6.69. The van der Waals surface area contributed by atoms with Crippen molar-refractivity contribution < 1.29 is 9.59 Å². The van der Waals surface area contributed by atoms with E-state index in [0.717, 1.165) is 43.4 Å². The molecular formula is C21H28ClN3O2. The van der Waals surface area contributed by atoms with Crippen LogP contribution in [0.3, 0.4) is 0 Å². The summed E-state index contributed by atoms with van der Waals surface area (Å²) in [6.45, 7) is 4.15. The lowest BCUT2D eigenvalue weighted by Gasteiger charge is -2.59. The van der Waals surface area contributed by atoms with E-state index in [1.165, 1.54) is 12.0 Å². The Labute approximate surface area is 165 Å². The largest absolute Gasteiger partial charge is 0.376 e. The molecule has 4 saturated carbocycles. The summed E-state index contributed by atoms with van der Waals surface area (Å²) < 4.78 is 0. The van der Waals surface area contributed by atoms with Gasteiger partial charge in [0, 0.05) is 10.6 Å². The third-order valence-electron chi connectivity index (χ3n) is 6.61. The molecule has 4 aliphatic rings. The lowest BCUT2D eigenvalue weighted by Crippen LogP contribution is -2.60. The van der Waals surface area contributed by atoms with E-state index in [2.05, 4.69) is 22.2 Å². The number of amides is 2. The van der Waals surface area contributed by atoms with Crippen LogP contribution in [0.15, 0.2) is 18.2 Å². The van der Waals surface area contributed by atoms with Gasteiger partial charge in [-0.2, -0.15) is 0 Å². The molecule has 6 heteroatoms. The van der Waals surface area contributed by atoms with Crippen molar-refractivity contribution in [3.63, 3.8) is 0 Å². The first kappa shape index (κ1) is 18.6. The predicted octanol–water partition coefficient (Wildman–Crippen LogP) is 3.44. The Balaban J connectivity index is 1.31. The van der Waals surface area contributed by atoms with Crippen LogP contribution < -0.4 is 16.2 Å². The van der Waals surface area contributed by atoms with Gasteiger partial charge in [-0.25, -0.2) is 0 Å². The minimum Gasteiger partial charge on any atom is -0.376 e. The topological polar surface area (TPSA) is 70.2 Å². The number of hydrogen-bond donors (Lipinski definition) is 3.